The number of piperazine rings is 1. The molecule has 7 heteroatoms. The molecular weight excluding hydrogens is 661 g/mol. The summed E-state index contributed by atoms with van der Waals surface area (Å²) in [6.07, 6.45) is 26.2. The molecular formula is C46H80N2O5. The van der Waals surface area contributed by atoms with Gasteiger partial charge in [0.1, 0.15) is 0 Å². The van der Waals surface area contributed by atoms with Gasteiger partial charge in [-0.15, -0.1) is 0 Å². The summed E-state index contributed by atoms with van der Waals surface area (Å²) in [5.74, 6) is 0.311. The van der Waals surface area contributed by atoms with E-state index in [4.69, 9.17) is 14.2 Å². The van der Waals surface area contributed by atoms with Gasteiger partial charge < -0.3 is 24.0 Å². The zero-order valence-electron chi connectivity index (χ0n) is 34.7. The summed E-state index contributed by atoms with van der Waals surface area (Å²) in [6.45, 7) is 15.7. The zero-order valence-corrected chi connectivity index (χ0v) is 34.7. The van der Waals surface area contributed by atoms with E-state index in [9.17, 15) is 9.59 Å². The van der Waals surface area contributed by atoms with Gasteiger partial charge in [0, 0.05) is 52.2 Å². The smallest absolute Gasteiger partial charge is 0.305 e. The Morgan fingerprint density at radius 1 is 0.679 bits per heavy atom. The van der Waals surface area contributed by atoms with Crippen LogP contribution < -0.4 is 0 Å². The highest BCUT2D eigenvalue weighted by Gasteiger charge is 2.24. The van der Waals surface area contributed by atoms with Gasteiger partial charge in [0.25, 0.3) is 0 Å². The largest absolute Gasteiger partial charge is 0.466 e. The zero-order chi connectivity index (χ0) is 38.2. The molecule has 0 aliphatic carbocycles. The number of ether oxygens (including phenoxy) is 3. The number of carbonyl (C=O) groups is 2. The molecule has 0 amide bonds. The van der Waals surface area contributed by atoms with Gasteiger partial charge in [0.05, 0.1) is 19.3 Å². The van der Waals surface area contributed by atoms with Crippen LogP contribution in [0, 0.1) is 11.8 Å². The molecule has 2 aliphatic heterocycles. The molecule has 2 heterocycles. The highest BCUT2D eigenvalue weighted by Crippen LogP contribution is 2.33. The maximum absolute atomic E-state index is 12.8. The van der Waals surface area contributed by atoms with Gasteiger partial charge >= 0.3 is 11.9 Å². The Hall–Kier alpha value is -2.10. The van der Waals surface area contributed by atoms with E-state index in [0.717, 1.165) is 135 Å². The maximum Gasteiger partial charge on any atom is 0.305 e. The number of carbonyl (C=O) groups excluding carboxylic acids is 2. The number of nitrogens with zero attached hydrogens (tertiary/aromatic N) is 2. The normalized spacial score (nSPS) is 24.0. The van der Waals surface area contributed by atoms with Gasteiger partial charge in [-0.1, -0.05) is 115 Å². The lowest BCUT2D eigenvalue weighted by Gasteiger charge is -2.32. The van der Waals surface area contributed by atoms with Gasteiger partial charge in [-0.05, 0) is 94.6 Å². The molecule has 0 N–H and O–H groups in total. The highest BCUT2D eigenvalue weighted by molar-refractivity contribution is 5.69. The number of esters is 2. The van der Waals surface area contributed by atoms with Crippen molar-refractivity contribution in [1.29, 1.82) is 0 Å². The molecule has 0 aromatic carbocycles. The molecule has 2 unspecified atom stereocenters. The topological polar surface area (TPSA) is 68.3 Å². The Balaban J connectivity index is 2.00. The molecule has 7 nitrogen and oxygen atoms in total. The van der Waals surface area contributed by atoms with E-state index in [2.05, 4.69) is 54.5 Å². The maximum atomic E-state index is 12.8. The average molecular weight is 741 g/mol. The summed E-state index contributed by atoms with van der Waals surface area (Å²) in [7, 11) is 2.21. The van der Waals surface area contributed by atoms with Gasteiger partial charge in [0.2, 0.25) is 0 Å². The molecule has 2 aliphatic rings. The van der Waals surface area contributed by atoms with Crippen LogP contribution in [-0.2, 0) is 23.8 Å². The molecule has 0 spiro atoms. The molecule has 0 aromatic heterocycles. The predicted octanol–water partition coefficient (Wildman–Crippen LogP) is 10.8. The van der Waals surface area contributed by atoms with Crippen molar-refractivity contribution >= 4 is 11.9 Å². The van der Waals surface area contributed by atoms with Crippen LogP contribution in [0.4, 0.5) is 0 Å². The fourth-order valence-corrected chi connectivity index (χ4v) is 7.88. The van der Waals surface area contributed by atoms with E-state index in [1.54, 1.807) is 0 Å². The van der Waals surface area contributed by atoms with E-state index in [-0.39, 0.29) is 23.8 Å². The lowest BCUT2D eigenvalue weighted by molar-refractivity contribution is -0.144. The molecule has 0 bridgehead atoms. The Morgan fingerprint density at radius 3 is 1.70 bits per heavy atom. The number of hydrogen-bond acceptors (Lipinski definition) is 7. The van der Waals surface area contributed by atoms with E-state index in [1.807, 2.05) is 0 Å². The molecule has 2 saturated heterocycles. The van der Waals surface area contributed by atoms with Crippen LogP contribution >= 0.6 is 0 Å². The Kier molecular flexibility index (Phi) is 28.6. The molecule has 304 valence electrons. The second-order valence-electron chi connectivity index (χ2n) is 15.9. The van der Waals surface area contributed by atoms with Crippen molar-refractivity contribution in [2.24, 2.45) is 11.8 Å². The fraction of sp³-hybridized carbons (Fsp3) is 0.848. The lowest BCUT2D eigenvalue weighted by Crippen LogP contribution is -2.44. The van der Waals surface area contributed by atoms with Gasteiger partial charge in [-0.25, -0.2) is 0 Å². The van der Waals surface area contributed by atoms with Crippen molar-refractivity contribution in [3.63, 3.8) is 0 Å². The molecule has 2 atom stereocenters. The number of cyclic esters (lactones) is 2. The van der Waals surface area contributed by atoms with Crippen LogP contribution in [0.1, 0.15) is 174 Å². The Labute approximate surface area is 326 Å². The first-order chi connectivity index (χ1) is 26.0. The second-order valence-corrected chi connectivity index (χ2v) is 15.9. The lowest BCUT2D eigenvalue weighted by atomic mass is 9.79. The van der Waals surface area contributed by atoms with Crippen molar-refractivity contribution < 1.29 is 23.8 Å². The molecule has 2 fully saturated rings. The molecule has 0 radical (unpaired) electrons. The predicted molar refractivity (Wildman–Crippen MR) is 219 cm³/mol. The minimum Gasteiger partial charge on any atom is -0.466 e. The minimum absolute atomic E-state index is 0.0812. The minimum atomic E-state index is -0.0812. The van der Waals surface area contributed by atoms with Crippen molar-refractivity contribution in [3.05, 3.63) is 29.3 Å². The summed E-state index contributed by atoms with van der Waals surface area (Å²) in [4.78, 5) is 30.5. The Morgan fingerprint density at radius 2 is 1.19 bits per heavy atom. The first kappa shape index (κ1) is 47.1. The first-order valence-corrected chi connectivity index (χ1v) is 22.2. The summed E-state index contributed by atoms with van der Waals surface area (Å²) in [5.41, 5.74) is 10.5. The number of likely N-dealkylation sites (N-methyl/N-ethyl adjacent to an activating group) is 1. The SMILES string of the molecule is C=C=C=C=C1C(CCCCC)CCOC(=O)CCCCCCCC(OCCCN2CCN(C)CC2)CCCCCCCC(=O)OCCC1CCCCC. The molecule has 53 heavy (non-hydrogen) atoms. The number of rotatable bonds is 13. The van der Waals surface area contributed by atoms with E-state index >= 15 is 0 Å². The van der Waals surface area contributed by atoms with Gasteiger partial charge in [-0.2, -0.15) is 0 Å². The standard InChI is InChI=1S/C46H80N2O5/c1-5-8-17-24-41-31-39-52-45(49)29-21-15-11-13-19-26-43(51-38-23-33-48-36-34-47(4)35-37-48)27-20-14-12-16-22-30-46(50)53-40-32-42(25-18-9-6-2)44(41)28-10-7-3/h41-43H,3,5-6,8-9,11-27,29-40H2,1-2,4H3. The quantitative estimate of drug-likeness (QED) is 0.106. The van der Waals surface area contributed by atoms with Crippen molar-refractivity contribution in [1.82, 2.24) is 9.80 Å². The van der Waals surface area contributed by atoms with Crippen molar-refractivity contribution in [2.75, 3.05) is 59.6 Å². The summed E-state index contributed by atoms with van der Waals surface area (Å²) >= 11 is 0. The first-order valence-electron chi connectivity index (χ1n) is 22.2. The third-order valence-electron chi connectivity index (χ3n) is 11.3. The molecule has 0 saturated carbocycles. The van der Waals surface area contributed by atoms with Crippen LogP contribution in [0.3, 0.4) is 0 Å². The third-order valence-corrected chi connectivity index (χ3v) is 11.3. The molecule has 0 aromatic rings. The second kappa shape index (κ2) is 32.2. The van der Waals surface area contributed by atoms with Crippen LogP contribution in [0.15, 0.2) is 29.3 Å². The average Bonchev–Trinajstić information content (AvgIpc) is 3.15. The third kappa shape index (κ3) is 24.1. The van der Waals surface area contributed by atoms with Crippen LogP contribution in [0.5, 0.6) is 0 Å². The molecule has 2 rings (SSSR count). The summed E-state index contributed by atoms with van der Waals surface area (Å²) < 4.78 is 18.1. The Bertz CT molecular complexity index is 1010. The van der Waals surface area contributed by atoms with Crippen LogP contribution in [0.2, 0.25) is 0 Å². The van der Waals surface area contributed by atoms with Crippen LogP contribution in [-0.4, -0.2) is 87.4 Å². The monoisotopic (exact) mass is 741 g/mol. The van der Waals surface area contributed by atoms with Crippen molar-refractivity contribution in [3.8, 4) is 0 Å². The number of unbranched alkanes of at least 4 members (excludes halogenated alkanes) is 4. The van der Waals surface area contributed by atoms with E-state index in [0.29, 0.717) is 32.2 Å². The fourth-order valence-electron chi connectivity index (χ4n) is 7.88. The summed E-state index contributed by atoms with van der Waals surface area (Å²) in [6, 6.07) is 0. The van der Waals surface area contributed by atoms with E-state index in [1.165, 1.54) is 57.2 Å². The number of allylic oxidation sites excluding steroid dienone is 1. The van der Waals surface area contributed by atoms with E-state index < -0.39 is 0 Å². The van der Waals surface area contributed by atoms with Crippen LogP contribution in [0.25, 0.3) is 0 Å². The number of hydrogen-bond donors (Lipinski definition) is 0. The van der Waals surface area contributed by atoms with Crippen molar-refractivity contribution in [2.45, 2.75) is 180 Å². The van der Waals surface area contributed by atoms with Gasteiger partial charge in [-0.3, -0.25) is 9.59 Å². The van der Waals surface area contributed by atoms with Gasteiger partial charge in [0.15, 0.2) is 0 Å². The highest BCUT2D eigenvalue weighted by atomic mass is 16.5. The summed E-state index contributed by atoms with van der Waals surface area (Å²) in [5, 5.41) is 0.